The summed E-state index contributed by atoms with van der Waals surface area (Å²) in [4.78, 5) is 0. The van der Waals surface area contributed by atoms with Crippen LogP contribution in [0.15, 0.2) is 0 Å². The normalized spacial score (nSPS) is 15.5. The van der Waals surface area contributed by atoms with Crippen LogP contribution in [0, 0.1) is 0 Å². The van der Waals surface area contributed by atoms with Crippen LogP contribution in [-0.4, -0.2) is 51.6 Å². The molecule has 0 aromatic heterocycles. The molecule has 200 valence electrons. The van der Waals surface area contributed by atoms with Gasteiger partial charge in [-0.1, -0.05) is 0 Å². The minimum atomic E-state index is -3.10. The van der Waals surface area contributed by atoms with Crippen LogP contribution >= 0.6 is 0 Å². The summed E-state index contributed by atoms with van der Waals surface area (Å²) >= 11 is -6.20. The molecule has 0 fully saturated rings. The summed E-state index contributed by atoms with van der Waals surface area (Å²) in [6.45, 7) is 15.8. The Morgan fingerprint density at radius 1 is 0.394 bits per heavy atom. The zero-order chi connectivity index (χ0) is 24.7. The van der Waals surface area contributed by atoms with Crippen molar-refractivity contribution in [3.05, 3.63) is 0 Å². The topological polar surface area (TPSA) is 27.7 Å². The van der Waals surface area contributed by atoms with Crippen molar-refractivity contribution in [3.63, 3.8) is 0 Å². The molecule has 0 saturated heterocycles. The number of rotatable bonds is 26. The Morgan fingerprint density at radius 3 is 1.06 bits per heavy atom. The van der Waals surface area contributed by atoms with E-state index in [0.717, 1.165) is 22.1 Å². The van der Waals surface area contributed by atoms with E-state index in [0.29, 0.717) is 0 Å². The van der Waals surface area contributed by atoms with Crippen LogP contribution in [0.1, 0.15) is 144 Å². The molecule has 0 spiro atoms. The Balaban J connectivity index is 5.02. The minimum absolute atomic E-state index is 0.927. The van der Waals surface area contributed by atoms with Gasteiger partial charge in [0, 0.05) is 0 Å². The molecule has 0 aliphatic carbocycles. The van der Waals surface area contributed by atoms with Gasteiger partial charge in [-0.3, -0.25) is 0 Å². The van der Waals surface area contributed by atoms with Gasteiger partial charge < -0.3 is 0 Å². The van der Waals surface area contributed by atoms with E-state index >= 15 is 0 Å². The molecule has 0 aliphatic rings. The third kappa shape index (κ3) is 17.5. The summed E-state index contributed by atoms with van der Waals surface area (Å²) in [5.74, 6) is 0. The molecule has 2 unspecified atom stereocenters. The molecule has 2 atom stereocenters. The maximum absolute atomic E-state index is 7.39. The van der Waals surface area contributed by atoms with Crippen molar-refractivity contribution < 1.29 is 7.56 Å². The van der Waals surface area contributed by atoms with Gasteiger partial charge in [0.05, 0.1) is 0 Å². The average Bonchev–Trinajstić information content (AvgIpc) is 2.84. The molecule has 0 N–H and O–H groups in total. The first-order chi connectivity index (χ1) is 16.1. The van der Waals surface area contributed by atoms with E-state index < -0.39 is 38.4 Å². The van der Waals surface area contributed by atoms with Gasteiger partial charge in [-0.2, -0.15) is 0 Å². The van der Waals surface area contributed by atoms with Crippen molar-refractivity contribution in [1.29, 1.82) is 0 Å². The summed E-state index contributed by atoms with van der Waals surface area (Å²) in [5, 5.41) is 0. The van der Waals surface area contributed by atoms with Gasteiger partial charge in [-0.05, 0) is 0 Å². The predicted octanol–water partition coefficient (Wildman–Crippen LogP) is 10.3. The molecule has 0 radical (unpaired) electrons. The summed E-state index contributed by atoms with van der Waals surface area (Å²) in [6, 6.07) is 0. The molecule has 33 heavy (non-hydrogen) atoms. The van der Waals surface area contributed by atoms with Crippen LogP contribution in [0.3, 0.4) is 0 Å². The van der Waals surface area contributed by atoms with Crippen LogP contribution in [-0.2, 0) is 7.56 Å². The second-order valence-electron chi connectivity index (χ2n) is 10.1. The fraction of sp³-hybridized carbons (Fsp3) is 1.00. The molecule has 0 bridgehead atoms. The SMILES string of the molecule is CCCCCCCC[O][Sn]([CH2]C)([CH2]CCC)[O][Sn]([CH2]C)([CH2]CCC)[O]CCCCCCCC. The molecule has 0 aliphatic heterocycles. The second-order valence-corrected chi connectivity index (χ2v) is 33.5. The Hall–Kier alpha value is 1.48. The van der Waals surface area contributed by atoms with Crippen molar-refractivity contribution >= 4 is 38.4 Å². The van der Waals surface area contributed by atoms with E-state index in [9.17, 15) is 0 Å². The molecule has 0 aromatic rings. The molecule has 5 heteroatoms. The van der Waals surface area contributed by atoms with Gasteiger partial charge in [0.15, 0.2) is 0 Å². The van der Waals surface area contributed by atoms with E-state index in [1.165, 1.54) is 112 Å². The first-order valence-corrected chi connectivity index (χ1v) is 27.8. The van der Waals surface area contributed by atoms with Crippen molar-refractivity contribution in [2.75, 3.05) is 13.2 Å². The Bertz CT molecular complexity index is 375. The molecular weight excluding hydrogens is 622 g/mol. The van der Waals surface area contributed by atoms with Gasteiger partial charge in [0.2, 0.25) is 0 Å². The quantitative estimate of drug-likeness (QED) is 0.0671. The average molecular weight is 684 g/mol. The van der Waals surface area contributed by atoms with E-state index in [1.807, 2.05) is 0 Å². The monoisotopic (exact) mass is 686 g/mol. The van der Waals surface area contributed by atoms with E-state index in [1.54, 1.807) is 0 Å². The van der Waals surface area contributed by atoms with Crippen molar-refractivity contribution in [2.24, 2.45) is 0 Å². The zero-order valence-electron chi connectivity index (χ0n) is 23.8. The fourth-order valence-electron chi connectivity index (χ4n) is 4.52. The zero-order valence-corrected chi connectivity index (χ0v) is 29.5. The summed E-state index contributed by atoms with van der Waals surface area (Å²) in [5.41, 5.74) is 0. The maximum atomic E-state index is 7.39. The summed E-state index contributed by atoms with van der Waals surface area (Å²) < 4.78 is 25.9. The second kappa shape index (κ2) is 23.9. The van der Waals surface area contributed by atoms with Gasteiger partial charge in [-0.15, -0.1) is 0 Å². The first-order valence-electron chi connectivity index (χ1n) is 15.1. The van der Waals surface area contributed by atoms with E-state index in [2.05, 4.69) is 41.5 Å². The Morgan fingerprint density at radius 2 is 0.727 bits per heavy atom. The van der Waals surface area contributed by atoms with Gasteiger partial charge in [0.1, 0.15) is 0 Å². The molecule has 0 rings (SSSR count). The summed E-state index contributed by atoms with van der Waals surface area (Å²) in [7, 11) is 0. The third-order valence-electron chi connectivity index (χ3n) is 7.00. The Kier molecular flexibility index (Phi) is 24.9. The fourth-order valence-corrected chi connectivity index (χ4v) is 44.9. The van der Waals surface area contributed by atoms with Gasteiger partial charge in [-0.25, -0.2) is 0 Å². The van der Waals surface area contributed by atoms with Crippen molar-refractivity contribution in [3.8, 4) is 0 Å². The molecule has 0 saturated carbocycles. The van der Waals surface area contributed by atoms with Gasteiger partial charge >= 0.3 is 221 Å². The van der Waals surface area contributed by atoms with Crippen molar-refractivity contribution in [2.45, 2.75) is 162 Å². The molecule has 0 heterocycles. The van der Waals surface area contributed by atoms with Crippen LogP contribution < -0.4 is 0 Å². The third-order valence-corrected chi connectivity index (χ3v) is 40.1. The standard InChI is InChI=1S/2C8H17O.2C4H9.2C2H5.O.2Sn/c2*1-2-3-4-5-6-7-8-9;2*1-3-4-2;2*1-2;;;/h2*2-8H2,1H3;2*1,3-4H2,2H3;2*1H2,2H3;;;/q2*-1;;;;;;2*+1. The van der Waals surface area contributed by atoms with Crippen molar-refractivity contribution in [1.82, 2.24) is 0 Å². The number of unbranched alkanes of at least 4 members (excludes halogenated alkanes) is 12. The molecule has 3 nitrogen and oxygen atoms in total. The van der Waals surface area contributed by atoms with Gasteiger partial charge in [0.25, 0.3) is 0 Å². The molecular formula is C28H62O3Sn2. The molecule has 0 aromatic carbocycles. The predicted molar refractivity (Wildman–Crippen MR) is 152 cm³/mol. The van der Waals surface area contributed by atoms with Crippen LogP contribution in [0.4, 0.5) is 0 Å². The first kappa shape index (κ1) is 34.5. The van der Waals surface area contributed by atoms with E-state index in [4.69, 9.17) is 7.56 Å². The Labute approximate surface area is 219 Å². The van der Waals surface area contributed by atoms with Crippen LogP contribution in [0.5, 0.6) is 0 Å². The van der Waals surface area contributed by atoms with Crippen LogP contribution in [0.2, 0.25) is 17.7 Å². The van der Waals surface area contributed by atoms with Crippen LogP contribution in [0.25, 0.3) is 0 Å². The number of hydrogen-bond acceptors (Lipinski definition) is 3. The molecule has 0 amide bonds. The van der Waals surface area contributed by atoms with E-state index in [-0.39, 0.29) is 0 Å². The number of hydrogen-bond donors (Lipinski definition) is 0. The summed E-state index contributed by atoms with van der Waals surface area (Å²) in [6.07, 6.45) is 20.9.